The van der Waals surface area contributed by atoms with Gasteiger partial charge in [-0.05, 0) is 13.3 Å². The maximum atomic E-state index is 11.5. The number of alkyl halides is 3. The highest BCUT2D eigenvalue weighted by molar-refractivity contribution is 6.33. The molecule has 2 atom stereocenters. The van der Waals surface area contributed by atoms with Crippen molar-refractivity contribution in [2.75, 3.05) is 23.7 Å². The zero-order valence-electron chi connectivity index (χ0n) is 14.1. The smallest absolute Gasteiger partial charge is 0.481 e. The van der Waals surface area contributed by atoms with Crippen LogP contribution in [-0.4, -0.2) is 62.5 Å². The van der Waals surface area contributed by atoms with Crippen LogP contribution in [0.25, 0.3) is 0 Å². The number of nitrogens with zero attached hydrogens (tertiary/aromatic N) is 3. The second kappa shape index (κ2) is 6.65. The second-order valence-corrected chi connectivity index (χ2v) is 6.79. The number of anilines is 2. The summed E-state index contributed by atoms with van der Waals surface area (Å²) in [5.41, 5.74) is 3.49. The maximum Gasteiger partial charge on any atom is 0.490 e. The molecule has 2 heterocycles. The summed E-state index contributed by atoms with van der Waals surface area (Å²) in [7, 11) is 0. The van der Waals surface area contributed by atoms with Gasteiger partial charge in [0.15, 0.2) is 5.82 Å². The van der Waals surface area contributed by atoms with Crippen LogP contribution < -0.4 is 10.6 Å². The van der Waals surface area contributed by atoms with Crippen LogP contribution in [0.3, 0.4) is 0 Å². The van der Waals surface area contributed by atoms with E-state index in [0.717, 1.165) is 0 Å². The van der Waals surface area contributed by atoms with Gasteiger partial charge in [-0.1, -0.05) is 11.6 Å². The number of hydrogen-bond acceptors (Lipinski definition) is 7. The molecular weight excluding hydrogens is 413 g/mol. The first-order valence-electron chi connectivity index (χ1n) is 7.49. The Morgan fingerprint density at radius 1 is 1.11 bits per heavy atom. The van der Waals surface area contributed by atoms with Crippen molar-refractivity contribution in [1.29, 1.82) is 0 Å². The normalized spacial score (nSPS) is 25.4. The van der Waals surface area contributed by atoms with Gasteiger partial charge in [-0.3, -0.25) is 9.59 Å². The maximum absolute atomic E-state index is 11.5. The van der Waals surface area contributed by atoms with Crippen molar-refractivity contribution < 1.29 is 42.9 Å². The Hall–Kier alpha value is -2.83. The number of carbonyl (C=O) groups is 3. The lowest BCUT2D eigenvalue weighted by Crippen LogP contribution is -2.30. The number of carboxylic acids is 3. The van der Waals surface area contributed by atoms with Crippen molar-refractivity contribution >= 4 is 41.3 Å². The van der Waals surface area contributed by atoms with E-state index in [1.165, 1.54) is 0 Å². The number of nitrogens with two attached hydrogens (primary N) is 1. The summed E-state index contributed by atoms with van der Waals surface area (Å²) < 4.78 is 31.7. The Balaban J connectivity index is 0.000000345. The van der Waals surface area contributed by atoms with Crippen molar-refractivity contribution in [3.05, 3.63) is 10.7 Å². The van der Waals surface area contributed by atoms with Gasteiger partial charge >= 0.3 is 24.1 Å². The topological polar surface area (TPSA) is 167 Å². The van der Waals surface area contributed by atoms with Gasteiger partial charge < -0.3 is 26.0 Å². The van der Waals surface area contributed by atoms with Gasteiger partial charge in [0.25, 0.3) is 0 Å². The van der Waals surface area contributed by atoms with E-state index in [0.29, 0.717) is 5.69 Å². The van der Waals surface area contributed by atoms with Crippen LogP contribution in [0.1, 0.15) is 12.1 Å². The molecule has 5 N–H and O–H groups in total. The summed E-state index contributed by atoms with van der Waals surface area (Å²) >= 11 is 6.14. The third-order valence-corrected chi connectivity index (χ3v) is 5.14. The minimum absolute atomic E-state index is 0.0150. The fraction of sp³-hybridized carbons (Fsp3) is 0.500. The first kappa shape index (κ1) is 21.5. The molecular formula is C14H14ClF3N4O6. The number of hydrogen-bond donors (Lipinski definition) is 4. The molecule has 1 saturated heterocycles. The number of aromatic nitrogens is 2. The molecule has 3 rings (SSSR count). The number of piperidine rings is 1. The predicted octanol–water partition coefficient (Wildman–Crippen LogP) is 1.02. The van der Waals surface area contributed by atoms with E-state index < -0.39 is 34.9 Å². The molecule has 0 aromatic carbocycles. The number of aryl methyl sites for hydroxylation is 1. The summed E-state index contributed by atoms with van der Waals surface area (Å²) in [5.74, 6) is -4.67. The molecule has 1 aliphatic carbocycles. The fourth-order valence-electron chi connectivity index (χ4n) is 3.21. The number of aliphatic carboxylic acids is 3. The number of nitrogen functional groups attached to an aromatic ring is 1. The minimum atomic E-state index is -5.08. The second-order valence-electron chi connectivity index (χ2n) is 6.42. The SMILES string of the molecule is Cc1nc(N)nc(N2C[C@@]3(C(=O)O)C[C@@]3(C(=O)O)C2)c1Cl.O=C(O)C(F)(F)F. The van der Waals surface area contributed by atoms with Crippen molar-refractivity contribution in [3.8, 4) is 0 Å². The van der Waals surface area contributed by atoms with Crippen molar-refractivity contribution in [3.63, 3.8) is 0 Å². The highest BCUT2D eigenvalue weighted by Crippen LogP contribution is 2.69. The molecule has 14 heteroatoms. The molecule has 154 valence electrons. The van der Waals surface area contributed by atoms with E-state index in [-0.39, 0.29) is 36.3 Å². The summed E-state index contributed by atoms with van der Waals surface area (Å²) in [6.45, 7) is 1.75. The zero-order chi connectivity index (χ0) is 21.7. The first-order valence-corrected chi connectivity index (χ1v) is 7.87. The Morgan fingerprint density at radius 2 is 1.54 bits per heavy atom. The molecule has 0 unspecified atom stereocenters. The van der Waals surface area contributed by atoms with Crippen LogP contribution in [-0.2, 0) is 14.4 Å². The van der Waals surface area contributed by atoms with Crippen LogP contribution in [0.2, 0.25) is 5.02 Å². The summed E-state index contributed by atoms with van der Waals surface area (Å²) in [4.78, 5) is 41.4. The predicted molar refractivity (Wildman–Crippen MR) is 86.8 cm³/mol. The molecule has 1 aliphatic heterocycles. The molecule has 1 aromatic rings. The van der Waals surface area contributed by atoms with Gasteiger partial charge in [-0.25, -0.2) is 9.78 Å². The van der Waals surface area contributed by atoms with Crippen LogP contribution in [0, 0.1) is 17.8 Å². The largest absolute Gasteiger partial charge is 0.490 e. The molecule has 0 amide bonds. The Labute approximate surface area is 159 Å². The van der Waals surface area contributed by atoms with Crippen molar-refractivity contribution in [2.45, 2.75) is 19.5 Å². The molecule has 2 aliphatic rings. The van der Waals surface area contributed by atoms with Gasteiger partial charge in [-0.15, -0.1) is 0 Å². The molecule has 0 radical (unpaired) electrons. The molecule has 10 nitrogen and oxygen atoms in total. The van der Waals surface area contributed by atoms with E-state index in [4.69, 9.17) is 27.2 Å². The monoisotopic (exact) mass is 426 g/mol. The van der Waals surface area contributed by atoms with Crippen LogP contribution >= 0.6 is 11.6 Å². The van der Waals surface area contributed by atoms with Crippen LogP contribution in [0.15, 0.2) is 0 Å². The molecule has 0 bridgehead atoms. The molecule has 1 aromatic heterocycles. The molecule has 1 saturated carbocycles. The molecule has 0 spiro atoms. The number of rotatable bonds is 3. The number of fused-ring (bicyclic) bond motifs is 1. The lowest BCUT2D eigenvalue weighted by Gasteiger charge is -2.22. The van der Waals surface area contributed by atoms with E-state index in [1.807, 2.05) is 0 Å². The fourth-order valence-corrected chi connectivity index (χ4v) is 3.42. The van der Waals surface area contributed by atoms with E-state index in [2.05, 4.69) is 9.97 Å². The Kier molecular flexibility index (Phi) is 5.10. The quantitative estimate of drug-likeness (QED) is 0.547. The van der Waals surface area contributed by atoms with Crippen molar-refractivity contribution in [2.24, 2.45) is 10.8 Å². The number of halogens is 4. The van der Waals surface area contributed by atoms with Crippen LogP contribution in [0.4, 0.5) is 24.9 Å². The van der Waals surface area contributed by atoms with Gasteiger partial charge in [0.1, 0.15) is 15.9 Å². The number of carboxylic acid groups (broad SMARTS) is 3. The standard InChI is InChI=1S/C12H13ClN4O4.C2HF3O2/c1-5-6(13)7(16-10(14)15-5)17-3-11(8(18)19)2-12(11,4-17)9(20)21;3-2(4,5)1(6)7/h2-4H2,1H3,(H,18,19)(H,20,21)(H2,14,15,16);(H,6,7)/t11-,12+;. The van der Waals surface area contributed by atoms with E-state index >= 15 is 0 Å². The van der Waals surface area contributed by atoms with Gasteiger partial charge in [0.2, 0.25) is 5.95 Å². The van der Waals surface area contributed by atoms with Crippen LogP contribution in [0.5, 0.6) is 0 Å². The summed E-state index contributed by atoms with van der Waals surface area (Å²) in [5, 5.41) is 26.2. The lowest BCUT2D eigenvalue weighted by atomic mass is 9.97. The average molecular weight is 427 g/mol. The highest BCUT2D eigenvalue weighted by atomic mass is 35.5. The zero-order valence-corrected chi connectivity index (χ0v) is 14.9. The lowest BCUT2D eigenvalue weighted by molar-refractivity contribution is -0.192. The Bertz CT molecular complexity index is 838. The summed E-state index contributed by atoms with van der Waals surface area (Å²) in [6, 6.07) is 0. The highest BCUT2D eigenvalue weighted by Gasteiger charge is 2.81. The van der Waals surface area contributed by atoms with Gasteiger partial charge in [0, 0.05) is 13.1 Å². The minimum Gasteiger partial charge on any atom is -0.481 e. The van der Waals surface area contributed by atoms with E-state index in [1.54, 1.807) is 11.8 Å². The van der Waals surface area contributed by atoms with Crippen molar-refractivity contribution in [1.82, 2.24) is 9.97 Å². The van der Waals surface area contributed by atoms with Gasteiger partial charge in [0.05, 0.1) is 5.69 Å². The average Bonchev–Trinajstić information content (AvgIpc) is 3.09. The molecule has 2 fully saturated rings. The first-order chi connectivity index (χ1) is 12.7. The third kappa shape index (κ3) is 3.37. The van der Waals surface area contributed by atoms with Gasteiger partial charge in [-0.2, -0.15) is 18.2 Å². The van der Waals surface area contributed by atoms with E-state index in [9.17, 15) is 33.0 Å². The summed E-state index contributed by atoms with van der Waals surface area (Å²) in [6.07, 6.45) is -4.96. The molecule has 28 heavy (non-hydrogen) atoms. The Morgan fingerprint density at radius 3 is 1.89 bits per heavy atom. The third-order valence-electron chi connectivity index (χ3n) is 4.69.